The van der Waals surface area contributed by atoms with Gasteiger partial charge in [0.05, 0.1) is 10.2 Å². The van der Waals surface area contributed by atoms with Gasteiger partial charge in [-0.2, -0.15) is 0 Å². The van der Waals surface area contributed by atoms with Crippen LogP contribution in [0.1, 0.15) is 31.2 Å². The first-order valence-electron chi connectivity index (χ1n) is 7.11. The maximum atomic E-state index is 11.9. The first-order chi connectivity index (χ1) is 9.70. The monoisotopic (exact) mass is 289 g/mol. The SMILES string of the molecule is Cc1ccc2nc(NC(=O)CCC3CCCN3)sc2c1. The summed E-state index contributed by atoms with van der Waals surface area (Å²) in [5.41, 5.74) is 2.17. The number of nitrogens with one attached hydrogen (secondary N) is 2. The van der Waals surface area contributed by atoms with Gasteiger partial charge in [0, 0.05) is 12.5 Å². The van der Waals surface area contributed by atoms with Crippen LogP contribution in [-0.2, 0) is 4.79 Å². The zero-order valence-electron chi connectivity index (χ0n) is 11.6. The molecule has 0 saturated carbocycles. The molecule has 1 amide bonds. The van der Waals surface area contributed by atoms with Gasteiger partial charge in [-0.05, 0) is 50.4 Å². The average Bonchev–Trinajstić information content (AvgIpc) is 3.04. The van der Waals surface area contributed by atoms with Gasteiger partial charge in [0.1, 0.15) is 0 Å². The second-order valence-corrected chi connectivity index (χ2v) is 6.40. The van der Waals surface area contributed by atoms with E-state index in [1.54, 1.807) is 0 Å². The largest absolute Gasteiger partial charge is 0.314 e. The van der Waals surface area contributed by atoms with E-state index >= 15 is 0 Å². The molecule has 2 aromatic rings. The Bertz CT molecular complexity index is 617. The summed E-state index contributed by atoms with van der Waals surface area (Å²) in [6, 6.07) is 6.66. The molecule has 1 atom stereocenters. The zero-order valence-corrected chi connectivity index (χ0v) is 12.4. The topological polar surface area (TPSA) is 54.0 Å². The van der Waals surface area contributed by atoms with Crippen LogP contribution in [0.5, 0.6) is 0 Å². The molecule has 1 aliphatic rings. The maximum Gasteiger partial charge on any atom is 0.226 e. The van der Waals surface area contributed by atoms with E-state index < -0.39 is 0 Å². The van der Waals surface area contributed by atoms with Gasteiger partial charge in [-0.15, -0.1) is 0 Å². The third-order valence-electron chi connectivity index (χ3n) is 3.67. The number of hydrogen-bond donors (Lipinski definition) is 2. The molecule has 20 heavy (non-hydrogen) atoms. The second kappa shape index (κ2) is 5.89. The molecule has 1 aromatic heterocycles. The van der Waals surface area contributed by atoms with Crippen LogP contribution in [0.4, 0.5) is 5.13 Å². The number of carbonyl (C=O) groups is 1. The molecule has 0 spiro atoms. The molecule has 1 saturated heterocycles. The van der Waals surface area contributed by atoms with Crippen LogP contribution in [0.15, 0.2) is 18.2 Å². The fourth-order valence-corrected chi connectivity index (χ4v) is 3.56. The lowest BCUT2D eigenvalue weighted by molar-refractivity contribution is -0.116. The van der Waals surface area contributed by atoms with Crippen molar-refractivity contribution in [2.24, 2.45) is 0 Å². The molecule has 106 valence electrons. The van der Waals surface area contributed by atoms with Crippen molar-refractivity contribution in [2.75, 3.05) is 11.9 Å². The molecule has 1 aliphatic heterocycles. The van der Waals surface area contributed by atoms with Crippen molar-refractivity contribution in [2.45, 2.75) is 38.6 Å². The average molecular weight is 289 g/mol. The van der Waals surface area contributed by atoms with Crippen LogP contribution in [0, 0.1) is 6.92 Å². The Morgan fingerprint density at radius 3 is 3.25 bits per heavy atom. The Balaban J connectivity index is 1.59. The van der Waals surface area contributed by atoms with Crippen LogP contribution >= 0.6 is 11.3 Å². The van der Waals surface area contributed by atoms with E-state index in [4.69, 9.17) is 0 Å². The smallest absolute Gasteiger partial charge is 0.226 e. The molecule has 0 radical (unpaired) electrons. The summed E-state index contributed by atoms with van der Waals surface area (Å²) in [6.45, 7) is 3.15. The van der Waals surface area contributed by atoms with Crippen molar-refractivity contribution in [3.63, 3.8) is 0 Å². The summed E-state index contributed by atoms with van der Waals surface area (Å²) in [5.74, 6) is 0.0643. The van der Waals surface area contributed by atoms with Gasteiger partial charge < -0.3 is 10.6 Å². The first-order valence-corrected chi connectivity index (χ1v) is 7.93. The minimum Gasteiger partial charge on any atom is -0.314 e. The van der Waals surface area contributed by atoms with Crippen LogP contribution in [0.2, 0.25) is 0 Å². The number of carbonyl (C=O) groups excluding carboxylic acids is 1. The Morgan fingerprint density at radius 1 is 1.55 bits per heavy atom. The van der Waals surface area contributed by atoms with E-state index in [0.29, 0.717) is 17.6 Å². The molecule has 2 heterocycles. The Labute approximate surface area is 122 Å². The molecule has 2 N–H and O–H groups in total. The lowest BCUT2D eigenvalue weighted by Gasteiger charge is -2.08. The molecule has 1 unspecified atom stereocenters. The zero-order chi connectivity index (χ0) is 13.9. The van der Waals surface area contributed by atoms with Crippen molar-refractivity contribution in [1.82, 2.24) is 10.3 Å². The molecule has 1 fully saturated rings. The number of nitrogens with zero attached hydrogens (tertiary/aromatic N) is 1. The predicted octanol–water partition coefficient (Wildman–Crippen LogP) is 3.08. The maximum absolute atomic E-state index is 11.9. The fourth-order valence-electron chi connectivity index (χ4n) is 2.58. The van der Waals surface area contributed by atoms with E-state index in [-0.39, 0.29) is 5.91 Å². The highest BCUT2D eigenvalue weighted by atomic mass is 32.1. The number of anilines is 1. The van der Waals surface area contributed by atoms with E-state index in [1.165, 1.54) is 29.7 Å². The number of hydrogen-bond acceptors (Lipinski definition) is 4. The van der Waals surface area contributed by atoms with Gasteiger partial charge in [-0.1, -0.05) is 17.4 Å². The number of aryl methyl sites for hydroxylation is 1. The van der Waals surface area contributed by atoms with Crippen molar-refractivity contribution >= 4 is 32.6 Å². The summed E-state index contributed by atoms with van der Waals surface area (Å²) in [4.78, 5) is 16.4. The summed E-state index contributed by atoms with van der Waals surface area (Å²) >= 11 is 1.54. The molecular weight excluding hydrogens is 270 g/mol. The molecule has 5 heteroatoms. The van der Waals surface area contributed by atoms with Gasteiger partial charge in [-0.25, -0.2) is 4.98 Å². The van der Waals surface area contributed by atoms with E-state index in [0.717, 1.165) is 23.2 Å². The van der Waals surface area contributed by atoms with Crippen LogP contribution in [-0.4, -0.2) is 23.5 Å². The summed E-state index contributed by atoms with van der Waals surface area (Å²) in [7, 11) is 0. The quantitative estimate of drug-likeness (QED) is 0.909. The number of amides is 1. The first kappa shape index (κ1) is 13.5. The lowest BCUT2D eigenvalue weighted by Crippen LogP contribution is -2.23. The van der Waals surface area contributed by atoms with Crippen LogP contribution in [0.25, 0.3) is 10.2 Å². The fraction of sp³-hybridized carbons (Fsp3) is 0.467. The normalized spacial score (nSPS) is 18.6. The van der Waals surface area contributed by atoms with Crippen molar-refractivity contribution < 1.29 is 4.79 Å². The minimum absolute atomic E-state index is 0.0643. The summed E-state index contributed by atoms with van der Waals surface area (Å²) in [5, 5.41) is 7.03. The third kappa shape index (κ3) is 3.16. The van der Waals surface area contributed by atoms with E-state index in [9.17, 15) is 4.79 Å². The lowest BCUT2D eigenvalue weighted by atomic mass is 10.1. The summed E-state index contributed by atoms with van der Waals surface area (Å²) < 4.78 is 1.12. The minimum atomic E-state index is 0.0643. The van der Waals surface area contributed by atoms with E-state index in [1.807, 2.05) is 12.1 Å². The highest BCUT2D eigenvalue weighted by molar-refractivity contribution is 7.22. The number of fused-ring (bicyclic) bond motifs is 1. The van der Waals surface area contributed by atoms with Crippen molar-refractivity contribution in [3.05, 3.63) is 23.8 Å². The molecule has 1 aromatic carbocycles. The van der Waals surface area contributed by atoms with Gasteiger partial charge in [0.2, 0.25) is 5.91 Å². The van der Waals surface area contributed by atoms with Crippen LogP contribution < -0.4 is 10.6 Å². The van der Waals surface area contributed by atoms with Gasteiger partial charge in [0.25, 0.3) is 0 Å². The molecule has 4 nitrogen and oxygen atoms in total. The standard InChI is InChI=1S/C15H19N3OS/c1-10-4-6-12-13(9-10)20-15(17-12)18-14(19)7-5-11-3-2-8-16-11/h4,6,9,11,16H,2-3,5,7-8H2,1H3,(H,17,18,19). The Kier molecular flexibility index (Phi) is 3.98. The number of benzene rings is 1. The van der Waals surface area contributed by atoms with Crippen molar-refractivity contribution in [1.29, 1.82) is 0 Å². The third-order valence-corrected chi connectivity index (χ3v) is 4.61. The Hall–Kier alpha value is -1.46. The molecule has 3 rings (SSSR count). The van der Waals surface area contributed by atoms with Gasteiger partial charge in [-0.3, -0.25) is 4.79 Å². The van der Waals surface area contributed by atoms with Crippen molar-refractivity contribution in [3.8, 4) is 0 Å². The predicted molar refractivity (Wildman–Crippen MR) is 83.2 cm³/mol. The van der Waals surface area contributed by atoms with E-state index in [2.05, 4.69) is 28.6 Å². The Morgan fingerprint density at radius 2 is 2.45 bits per heavy atom. The number of aromatic nitrogens is 1. The van der Waals surface area contributed by atoms with Gasteiger partial charge >= 0.3 is 0 Å². The van der Waals surface area contributed by atoms with Gasteiger partial charge in [0.15, 0.2) is 5.13 Å². The van der Waals surface area contributed by atoms with Crippen LogP contribution in [0.3, 0.4) is 0 Å². The summed E-state index contributed by atoms with van der Waals surface area (Å²) in [6.07, 6.45) is 3.89. The number of rotatable bonds is 4. The molecular formula is C15H19N3OS. The molecule has 0 bridgehead atoms. The molecule has 0 aliphatic carbocycles. The highest BCUT2D eigenvalue weighted by Crippen LogP contribution is 2.26. The number of thiazole rings is 1. The highest BCUT2D eigenvalue weighted by Gasteiger charge is 2.15. The second-order valence-electron chi connectivity index (χ2n) is 5.37.